The van der Waals surface area contributed by atoms with Crippen LogP contribution in [0.3, 0.4) is 0 Å². The second kappa shape index (κ2) is 3.56. The van der Waals surface area contributed by atoms with Crippen molar-refractivity contribution in [1.29, 1.82) is 0 Å². The van der Waals surface area contributed by atoms with Crippen LogP contribution in [-0.4, -0.2) is 35.0 Å². The molecular weight excluding hydrogens is 162 g/mol. The molecule has 0 radical (unpaired) electrons. The minimum Gasteiger partial charge on any atom is -0.334 e. The first-order chi connectivity index (χ1) is 5.95. The van der Waals surface area contributed by atoms with Crippen LogP contribution < -0.4 is 0 Å². The monoisotopic (exact) mass is 183 g/mol. The van der Waals surface area contributed by atoms with Gasteiger partial charge >= 0.3 is 0 Å². The van der Waals surface area contributed by atoms with Gasteiger partial charge < -0.3 is 4.90 Å². The van der Waals surface area contributed by atoms with E-state index in [-0.39, 0.29) is 0 Å². The maximum atomic E-state index is 4.47. The molecule has 3 heteroatoms. The Bertz CT molecular complexity index is 208. The lowest BCUT2D eigenvalue weighted by atomic mass is 10.1. The van der Waals surface area contributed by atoms with Crippen LogP contribution in [0.4, 0.5) is 0 Å². The summed E-state index contributed by atoms with van der Waals surface area (Å²) in [5.74, 6) is 1.74. The van der Waals surface area contributed by atoms with Gasteiger partial charge in [0.2, 0.25) is 0 Å². The van der Waals surface area contributed by atoms with E-state index < -0.39 is 0 Å². The molecule has 0 saturated carbocycles. The van der Waals surface area contributed by atoms with Gasteiger partial charge in [-0.1, -0.05) is 13.8 Å². The highest BCUT2D eigenvalue weighted by molar-refractivity contribution is 5.81. The summed E-state index contributed by atoms with van der Waals surface area (Å²) in [5, 5.41) is 6.54. The van der Waals surface area contributed by atoms with Gasteiger partial charge in [-0.2, -0.15) is 5.10 Å². The van der Waals surface area contributed by atoms with Crippen molar-refractivity contribution in [2.75, 3.05) is 7.05 Å². The van der Waals surface area contributed by atoms with Crippen LogP contribution in [0.1, 0.15) is 34.6 Å². The minimum absolute atomic E-state index is 0.431. The zero-order valence-corrected chi connectivity index (χ0v) is 9.57. The molecule has 0 bridgehead atoms. The summed E-state index contributed by atoms with van der Waals surface area (Å²) in [5.41, 5.74) is 0. The molecular formula is C10H21N3. The van der Waals surface area contributed by atoms with Crippen LogP contribution in [0, 0.1) is 5.92 Å². The van der Waals surface area contributed by atoms with Crippen LogP contribution in [0.15, 0.2) is 5.10 Å². The Morgan fingerprint density at radius 3 is 2.08 bits per heavy atom. The summed E-state index contributed by atoms with van der Waals surface area (Å²) in [7, 11) is 2.05. The van der Waals surface area contributed by atoms with E-state index in [0.717, 1.165) is 5.84 Å². The van der Waals surface area contributed by atoms with E-state index >= 15 is 0 Å². The van der Waals surface area contributed by atoms with Gasteiger partial charge in [0, 0.05) is 13.1 Å². The number of amidine groups is 1. The summed E-state index contributed by atoms with van der Waals surface area (Å²) < 4.78 is 0. The van der Waals surface area contributed by atoms with E-state index in [1.54, 1.807) is 0 Å². The van der Waals surface area contributed by atoms with Gasteiger partial charge in [-0.05, 0) is 26.7 Å². The molecule has 1 aliphatic rings. The van der Waals surface area contributed by atoms with Gasteiger partial charge in [-0.3, -0.25) is 5.01 Å². The second-order valence-corrected chi connectivity index (χ2v) is 4.38. The molecule has 76 valence electrons. The highest BCUT2D eigenvalue weighted by atomic mass is 15.6. The third-order valence-corrected chi connectivity index (χ3v) is 2.50. The number of hydrogen-bond donors (Lipinski definition) is 0. The second-order valence-electron chi connectivity index (χ2n) is 4.38. The van der Waals surface area contributed by atoms with Gasteiger partial charge in [0.25, 0.3) is 0 Å². The first kappa shape index (κ1) is 10.4. The summed E-state index contributed by atoms with van der Waals surface area (Å²) in [6.07, 6.45) is 0.431. The number of hydrogen-bond acceptors (Lipinski definition) is 3. The first-order valence-corrected chi connectivity index (χ1v) is 5.01. The summed E-state index contributed by atoms with van der Waals surface area (Å²) >= 11 is 0. The summed E-state index contributed by atoms with van der Waals surface area (Å²) in [4.78, 5) is 2.38. The van der Waals surface area contributed by atoms with Gasteiger partial charge in [-0.25, -0.2) is 0 Å². The molecule has 0 amide bonds. The molecule has 0 aromatic rings. The van der Waals surface area contributed by atoms with Crippen molar-refractivity contribution in [2.24, 2.45) is 11.0 Å². The normalized spacial score (nSPS) is 23.4. The Morgan fingerprint density at radius 2 is 1.77 bits per heavy atom. The predicted octanol–water partition coefficient (Wildman–Crippen LogP) is 1.96. The van der Waals surface area contributed by atoms with Crippen molar-refractivity contribution in [1.82, 2.24) is 9.91 Å². The summed E-state index contributed by atoms with van der Waals surface area (Å²) in [6.45, 7) is 11.0. The molecule has 0 spiro atoms. The zero-order chi connectivity index (χ0) is 10.2. The zero-order valence-electron chi connectivity index (χ0n) is 9.57. The van der Waals surface area contributed by atoms with E-state index in [0.29, 0.717) is 18.1 Å². The molecule has 0 saturated heterocycles. The topological polar surface area (TPSA) is 18.8 Å². The van der Waals surface area contributed by atoms with Crippen molar-refractivity contribution in [3.05, 3.63) is 0 Å². The van der Waals surface area contributed by atoms with Crippen molar-refractivity contribution in [3.63, 3.8) is 0 Å². The number of rotatable bonds is 2. The van der Waals surface area contributed by atoms with E-state index in [9.17, 15) is 0 Å². The fourth-order valence-electron chi connectivity index (χ4n) is 2.14. The molecule has 0 aromatic carbocycles. The lowest BCUT2D eigenvalue weighted by Gasteiger charge is -2.35. The molecule has 1 rings (SSSR count). The van der Waals surface area contributed by atoms with Gasteiger partial charge in [0.15, 0.2) is 0 Å². The minimum atomic E-state index is 0.431. The van der Waals surface area contributed by atoms with E-state index in [2.05, 4.69) is 56.7 Å². The van der Waals surface area contributed by atoms with Crippen LogP contribution in [0.25, 0.3) is 0 Å². The van der Waals surface area contributed by atoms with Crippen molar-refractivity contribution in [2.45, 2.75) is 46.8 Å². The Labute approximate surface area is 81.4 Å². The average molecular weight is 183 g/mol. The Hall–Kier alpha value is -0.730. The lowest BCUT2D eigenvalue weighted by molar-refractivity contribution is 0.0932. The molecule has 0 aliphatic carbocycles. The third kappa shape index (κ3) is 1.79. The standard InChI is InChI=1S/C10H21N3/c1-7(2)10-12(6)11-9(5)13(10)8(3)4/h7-8,10H,1-6H3. The molecule has 13 heavy (non-hydrogen) atoms. The first-order valence-electron chi connectivity index (χ1n) is 5.01. The average Bonchev–Trinajstić information content (AvgIpc) is 2.24. The lowest BCUT2D eigenvalue weighted by Crippen LogP contribution is -2.47. The Balaban J connectivity index is 2.84. The Kier molecular flexibility index (Phi) is 2.84. The van der Waals surface area contributed by atoms with Gasteiger partial charge in [-0.15, -0.1) is 0 Å². The fourth-order valence-corrected chi connectivity index (χ4v) is 2.14. The molecule has 1 atom stereocenters. The number of hydrazone groups is 1. The highest BCUT2D eigenvalue weighted by Gasteiger charge is 2.33. The molecule has 3 nitrogen and oxygen atoms in total. The molecule has 1 unspecified atom stereocenters. The highest BCUT2D eigenvalue weighted by Crippen LogP contribution is 2.23. The van der Waals surface area contributed by atoms with Gasteiger partial charge in [0.05, 0.1) is 0 Å². The van der Waals surface area contributed by atoms with Crippen LogP contribution in [0.2, 0.25) is 0 Å². The van der Waals surface area contributed by atoms with Crippen molar-refractivity contribution < 1.29 is 0 Å². The summed E-state index contributed by atoms with van der Waals surface area (Å²) in [6, 6.07) is 0.529. The van der Waals surface area contributed by atoms with Gasteiger partial charge in [0.1, 0.15) is 12.0 Å². The predicted molar refractivity (Wildman–Crippen MR) is 56.5 cm³/mol. The van der Waals surface area contributed by atoms with Crippen LogP contribution >= 0.6 is 0 Å². The fraction of sp³-hybridized carbons (Fsp3) is 0.900. The van der Waals surface area contributed by atoms with Crippen LogP contribution in [0.5, 0.6) is 0 Å². The molecule has 0 aromatic heterocycles. The molecule has 1 heterocycles. The quantitative estimate of drug-likeness (QED) is 0.651. The SMILES string of the molecule is CC1=NN(C)C(C(C)C)N1C(C)C. The van der Waals surface area contributed by atoms with E-state index in [1.807, 2.05) is 0 Å². The third-order valence-electron chi connectivity index (χ3n) is 2.50. The smallest absolute Gasteiger partial charge is 0.123 e. The van der Waals surface area contributed by atoms with Crippen LogP contribution in [-0.2, 0) is 0 Å². The molecule has 0 fully saturated rings. The molecule has 0 N–H and O–H groups in total. The van der Waals surface area contributed by atoms with Crippen molar-refractivity contribution >= 4 is 5.84 Å². The maximum absolute atomic E-state index is 4.47. The molecule has 1 aliphatic heterocycles. The Morgan fingerprint density at radius 1 is 1.23 bits per heavy atom. The van der Waals surface area contributed by atoms with E-state index in [1.165, 1.54) is 0 Å². The maximum Gasteiger partial charge on any atom is 0.123 e. The largest absolute Gasteiger partial charge is 0.334 e. The number of nitrogens with zero attached hydrogens (tertiary/aromatic N) is 3. The van der Waals surface area contributed by atoms with Crippen molar-refractivity contribution in [3.8, 4) is 0 Å². The van der Waals surface area contributed by atoms with E-state index in [4.69, 9.17) is 0 Å².